The second-order valence-electron chi connectivity index (χ2n) is 10.1. The van der Waals surface area contributed by atoms with Crippen LogP contribution in [0.15, 0.2) is 84.4 Å². The van der Waals surface area contributed by atoms with Crippen LogP contribution in [-0.4, -0.2) is 47.6 Å². The fourth-order valence-corrected chi connectivity index (χ4v) is 4.34. The molecule has 1 heterocycles. The molecular weight excluding hydrogens is 494 g/mol. The van der Waals surface area contributed by atoms with Crippen LogP contribution >= 0.6 is 0 Å². The SMILES string of the molecule is CC(C)COc1ccc(/C(O)=C2/C(=O)C(=O)N(CCOC(C)C)C2c2cccc(Oc3ccccc3)c2)cc1. The molecule has 0 radical (unpaired) electrons. The van der Waals surface area contributed by atoms with E-state index in [2.05, 4.69) is 13.8 Å². The van der Waals surface area contributed by atoms with Gasteiger partial charge in [-0.15, -0.1) is 0 Å². The van der Waals surface area contributed by atoms with Crippen molar-refractivity contribution in [3.05, 3.63) is 95.6 Å². The first kappa shape index (κ1) is 27.9. The van der Waals surface area contributed by atoms with Gasteiger partial charge >= 0.3 is 0 Å². The van der Waals surface area contributed by atoms with Gasteiger partial charge in [0.1, 0.15) is 23.0 Å². The number of amides is 1. The van der Waals surface area contributed by atoms with Crippen molar-refractivity contribution in [3.8, 4) is 17.2 Å². The van der Waals surface area contributed by atoms with E-state index < -0.39 is 17.7 Å². The highest BCUT2D eigenvalue weighted by molar-refractivity contribution is 6.46. The molecule has 1 atom stereocenters. The number of ketones is 1. The molecule has 4 rings (SSSR count). The lowest BCUT2D eigenvalue weighted by Crippen LogP contribution is -2.33. The highest BCUT2D eigenvalue weighted by Crippen LogP contribution is 2.40. The molecule has 1 fully saturated rings. The summed E-state index contributed by atoms with van der Waals surface area (Å²) in [5.41, 5.74) is 1.09. The quantitative estimate of drug-likeness (QED) is 0.177. The van der Waals surface area contributed by atoms with Gasteiger partial charge in [0.05, 0.1) is 30.9 Å². The average molecular weight is 530 g/mol. The first-order valence-corrected chi connectivity index (χ1v) is 13.2. The van der Waals surface area contributed by atoms with Gasteiger partial charge in [-0.1, -0.05) is 44.2 Å². The third-order valence-corrected chi connectivity index (χ3v) is 6.19. The van der Waals surface area contributed by atoms with Crippen molar-refractivity contribution >= 4 is 17.4 Å². The van der Waals surface area contributed by atoms with E-state index in [0.717, 1.165) is 0 Å². The smallest absolute Gasteiger partial charge is 0.295 e. The Balaban J connectivity index is 1.72. The van der Waals surface area contributed by atoms with Crippen molar-refractivity contribution in [2.24, 2.45) is 5.92 Å². The van der Waals surface area contributed by atoms with Crippen LogP contribution in [0.4, 0.5) is 0 Å². The molecule has 0 aliphatic carbocycles. The summed E-state index contributed by atoms with van der Waals surface area (Å²) >= 11 is 0. The van der Waals surface area contributed by atoms with Gasteiger partial charge in [-0.2, -0.15) is 0 Å². The Labute approximate surface area is 229 Å². The van der Waals surface area contributed by atoms with Crippen LogP contribution in [-0.2, 0) is 14.3 Å². The van der Waals surface area contributed by atoms with E-state index in [4.69, 9.17) is 14.2 Å². The third-order valence-electron chi connectivity index (χ3n) is 6.19. The summed E-state index contributed by atoms with van der Waals surface area (Å²) in [5, 5.41) is 11.4. The van der Waals surface area contributed by atoms with Crippen LogP contribution in [0.5, 0.6) is 17.2 Å². The number of aliphatic hydroxyl groups is 1. The zero-order valence-electron chi connectivity index (χ0n) is 22.8. The Bertz CT molecular complexity index is 1310. The zero-order chi connectivity index (χ0) is 27.9. The molecular formula is C32H35NO6. The number of hydrogen-bond acceptors (Lipinski definition) is 6. The molecule has 1 aliphatic rings. The standard InChI is InChI=1S/C32H35NO6/c1-21(2)20-38-25-15-13-23(14-16-25)30(34)28-29(33(32(36)31(28)35)17-18-37-22(3)4)24-9-8-12-27(19-24)39-26-10-6-5-7-11-26/h5-16,19,21-22,29,34H,17-18,20H2,1-4H3/b30-28-. The molecule has 0 aromatic heterocycles. The highest BCUT2D eigenvalue weighted by atomic mass is 16.5. The monoisotopic (exact) mass is 529 g/mol. The van der Waals surface area contributed by atoms with Gasteiger partial charge in [0.15, 0.2) is 0 Å². The van der Waals surface area contributed by atoms with E-state index >= 15 is 0 Å². The van der Waals surface area contributed by atoms with Gasteiger partial charge in [0.25, 0.3) is 11.7 Å². The predicted octanol–water partition coefficient (Wildman–Crippen LogP) is 6.36. The number of para-hydroxylation sites is 1. The van der Waals surface area contributed by atoms with E-state index in [-0.39, 0.29) is 30.6 Å². The summed E-state index contributed by atoms with van der Waals surface area (Å²) in [4.78, 5) is 28.0. The molecule has 39 heavy (non-hydrogen) atoms. The predicted molar refractivity (Wildman–Crippen MR) is 150 cm³/mol. The summed E-state index contributed by atoms with van der Waals surface area (Å²) < 4.78 is 17.4. The van der Waals surface area contributed by atoms with E-state index in [1.165, 1.54) is 4.90 Å². The first-order chi connectivity index (χ1) is 18.7. The van der Waals surface area contributed by atoms with Gasteiger partial charge in [0.2, 0.25) is 0 Å². The minimum atomic E-state index is -0.808. The van der Waals surface area contributed by atoms with Crippen LogP contribution < -0.4 is 9.47 Å². The summed E-state index contributed by atoms with van der Waals surface area (Å²) in [6, 6.07) is 22.6. The van der Waals surface area contributed by atoms with Crippen LogP contribution in [0, 0.1) is 5.92 Å². The van der Waals surface area contributed by atoms with Gasteiger partial charge in [-0.3, -0.25) is 9.59 Å². The van der Waals surface area contributed by atoms with Crippen molar-refractivity contribution in [2.75, 3.05) is 19.8 Å². The van der Waals surface area contributed by atoms with Crippen molar-refractivity contribution in [3.63, 3.8) is 0 Å². The number of ether oxygens (including phenoxy) is 3. The van der Waals surface area contributed by atoms with Gasteiger partial charge < -0.3 is 24.2 Å². The van der Waals surface area contributed by atoms with Crippen LogP contribution in [0.3, 0.4) is 0 Å². The number of hydrogen-bond donors (Lipinski definition) is 1. The van der Waals surface area contributed by atoms with Crippen molar-refractivity contribution in [1.29, 1.82) is 0 Å². The highest BCUT2D eigenvalue weighted by Gasteiger charge is 2.46. The number of carbonyl (C=O) groups is 2. The number of carbonyl (C=O) groups excluding carboxylic acids is 2. The first-order valence-electron chi connectivity index (χ1n) is 13.2. The molecule has 1 N–H and O–H groups in total. The maximum absolute atomic E-state index is 13.3. The minimum Gasteiger partial charge on any atom is -0.507 e. The van der Waals surface area contributed by atoms with Gasteiger partial charge in [-0.05, 0) is 73.9 Å². The Kier molecular flexibility index (Phi) is 9.04. The Morgan fingerprint density at radius 3 is 2.23 bits per heavy atom. The lowest BCUT2D eigenvalue weighted by molar-refractivity contribution is -0.140. The molecule has 0 saturated carbocycles. The van der Waals surface area contributed by atoms with Crippen molar-refractivity contribution in [1.82, 2.24) is 4.90 Å². The topological polar surface area (TPSA) is 85.3 Å². The lowest BCUT2D eigenvalue weighted by Gasteiger charge is -2.26. The van der Waals surface area contributed by atoms with Crippen LogP contribution in [0.1, 0.15) is 44.9 Å². The third kappa shape index (κ3) is 6.86. The minimum absolute atomic E-state index is 0.0252. The number of likely N-dealkylation sites (tertiary alicyclic amines) is 1. The maximum Gasteiger partial charge on any atom is 0.295 e. The summed E-state index contributed by atoms with van der Waals surface area (Å²) in [6.45, 7) is 8.95. The summed E-state index contributed by atoms with van der Waals surface area (Å²) in [7, 11) is 0. The summed E-state index contributed by atoms with van der Waals surface area (Å²) in [5.74, 6) is 0.583. The second-order valence-corrected chi connectivity index (χ2v) is 10.1. The lowest BCUT2D eigenvalue weighted by atomic mass is 9.95. The Morgan fingerprint density at radius 2 is 1.56 bits per heavy atom. The molecule has 0 spiro atoms. The molecule has 3 aromatic carbocycles. The fraction of sp³-hybridized carbons (Fsp3) is 0.312. The number of benzene rings is 3. The van der Waals surface area contributed by atoms with Gasteiger partial charge in [0, 0.05) is 12.1 Å². The fourth-order valence-electron chi connectivity index (χ4n) is 4.34. The van der Waals surface area contributed by atoms with Crippen molar-refractivity contribution < 1.29 is 28.9 Å². The molecule has 204 valence electrons. The number of Topliss-reactive ketones (excluding diaryl/α,β-unsaturated/α-hetero) is 1. The average Bonchev–Trinajstić information content (AvgIpc) is 3.17. The number of rotatable bonds is 11. The van der Waals surface area contributed by atoms with E-state index in [0.29, 0.717) is 40.9 Å². The van der Waals surface area contributed by atoms with E-state index in [1.807, 2.05) is 50.2 Å². The molecule has 7 heteroatoms. The zero-order valence-corrected chi connectivity index (χ0v) is 22.8. The Hall–Kier alpha value is -4.10. The van der Waals surface area contributed by atoms with Crippen molar-refractivity contribution in [2.45, 2.75) is 39.8 Å². The number of nitrogens with zero attached hydrogens (tertiary/aromatic N) is 1. The molecule has 1 amide bonds. The molecule has 1 unspecified atom stereocenters. The molecule has 7 nitrogen and oxygen atoms in total. The molecule has 1 aliphatic heterocycles. The summed E-state index contributed by atoms with van der Waals surface area (Å²) in [6.07, 6.45) is -0.0284. The van der Waals surface area contributed by atoms with E-state index in [9.17, 15) is 14.7 Å². The maximum atomic E-state index is 13.3. The number of aliphatic hydroxyl groups excluding tert-OH is 1. The largest absolute Gasteiger partial charge is 0.507 e. The molecule has 3 aromatic rings. The normalized spacial score (nSPS) is 16.8. The van der Waals surface area contributed by atoms with E-state index in [1.54, 1.807) is 42.5 Å². The second kappa shape index (κ2) is 12.6. The van der Waals surface area contributed by atoms with Crippen LogP contribution in [0.25, 0.3) is 5.76 Å². The Morgan fingerprint density at radius 1 is 0.872 bits per heavy atom. The molecule has 1 saturated heterocycles. The molecule has 0 bridgehead atoms. The van der Waals surface area contributed by atoms with Crippen LogP contribution in [0.2, 0.25) is 0 Å². The van der Waals surface area contributed by atoms with Gasteiger partial charge in [-0.25, -0.2) is 0 Å².